The number of nitrogens with zero attached hydrogens (tertiary/aromatic N) is 3. The molecule has 6 nitrogen and oxygen atoms in total. The van der Waals surface area contributed by atoms with Gasteiger partial charge in [0.05, 0.1) is 18.5 Å². The number of hydrogen-bond donors (Lipinski definition) is 0. The minimum absolute atomic E-state index is 0.108. The second-order valence-corrected chi connectivity index (χ2v) is 7.12. The topological polar surface area (TPSA) is 64.4 Å². The average Bonchev–Trinajstić information content (AvgIpc) is 2.87. The Morgan fingerprint density at radius 3 is 2.84 bits per heavy atom. The van der Waals surface area contributed by atoms with Crippen molar-refractivity contribution in [2.75, 3.05) is 18.4 Å². The van der Waals surface area contributed by atoms with Crippen molar-refractivity contribution in [3.63, 3.8) is 0 Å². The summed E-state index contributed by atoms with van der Waals surface area (Å²) in [5.41, 5.74) is 0. The summed E-state index contributed by atoms with van der Waals surface area (Å²) in [5, 5.41) is 0.726. The van der Waals surface area contributed by atoms with Gasteiger partial charge < -0.3 is 9.30 Å². The van der Waals surface area contributed by atoms with Crippen molar-refractivity contribution >= 4 is 26.0 Å². The molecule has 8 heteroatoms. The number of rotatable bonds is 4. The van der Waals surface area contributed by atoms with Gasteiger partial charge in [-0.1, -0.05) is 15.9 Å². The van der Waals surface area contributed by atoms with Crippen LogP contribution < -0.4 is 0 Å². The van der Waals surface area contributed by atoms with Crippen molar-refractivity contribution in [3.8, 4) is 0 Å². The van der Waals surface area contributed by atoms with Gasteiger partial charge in [-0.2, -0.15) is 4.31 Å². The second kappa shape index (κ2) is 5.90. The Morgan fingerprint density at radius 1 is 1.53 bits per heavy atom. The standard InChI is InChI=1S/C11H18BrN3O3S/c1-3-14-7-11(13-8-14)19(16,17)15-5-9(2)18-10(4-12)6-15/h7-10H,3-6H2,1-2H3. The number of hydrogen-bond acceptors (Lipinski definition) is 4. The maximum Gasteiger partial charge on any atom is 0.262 e. The number of aryl methyl sites for hydroxylation is 1. The minimum Gasteiger partial charge on any atom is -0.372 e. The summed E-state index contributed by atoms with van der Waals surface area (Å²) >= 11 is 3.34. The maximum atomic E-state index is 12.5. The van der Waals surface area contributed by atoms with Crippen LogP contribution in [0.15, 0.2) is 17.6 Å². The molecule has 2 rings (SSSR count). The van der Waals surface area contributed by atoms with Crippen molar-refractivity contribution in [1.29, 1.82) is 0 Å². The van der Waals surface area contributed by atoms with E-state index >= 15 is 0 Å². The molecule has 0 aliphatic carbocycles. The quantitative estimate of drug-likeness (QED) is 0.761. The molecule has 1 fully saturated rings. The summed E-state index contributed by atoms with van der Waals surface area (Å²) in [5.74, 6) is 0. The lowest BCUT2D eigenvalue weighted by molar-refractivity contribution is -0.0411. The van der Waals surface area contributed by atoms with Gasteiger partial charge >= 0.3 is 0 Å². The lowest BCUT2D eigenvalue weighted by atomic mass is 10.3. The van der Waals surface area contributed by atoms with Crippen LogP contribution in [-0.4, -0.2) is 52.9 Å². The van der Waals surface area contributed by atoms with Gasteiger partial charge in [0.2, 0.25) is 0 Å². The van der Waals surface area contributed by atoms with Gasteiger partial charge in [0, 0.05) is 31.2 Å². The molecular weight excluding hydrogens is 334 g/mol. The average molecular weight is 352 g/mol. The fraction of sp³-hybridized carbons (Fsp3) is 0.727. The third-order valence-electron chi connectivity index (χ3n) is 3.04. The largest absolute Gasteiger partial charge is 0.372 e. The highest BCUT2D eigenvalue weighted by Crippen LogP contribution is 2.20. The van der Waals surface area contributed by atoms with E-state index in [1.165, 1.54) is 4.31 Å². The van der Waals surface area contributed by atoms with Crippen LogP contribution >= 0.6 is 15.9 Å². The van der Waals surface area contributed by atoms with Crippen molar-refractivity contribution < 1.29 is 13.2 Å². The zero-order valence-corrected chi connectivity index (χ0v) is 13.4. The molecule has 2 unspecified atom stereocenters. The molecule has 2 heterocycles. The van der Waals surface area contributed by atoms with E-state index in [-0.39, 0.29) is 17.2 Å². The Balaban J connectivity index is 2.23. The molecule has 0 aromatic carbocycles. The maximum absolute atomic E-state index is 12.5. The number of halogens is 1. The Bertz CT molecular complexity index is 531. The van der Waals surface area contributed by atoms with E-state index in [4.69, 9.17) is 4.74 Å². The second-order valence-electron chi connectivity index (χ2n) is 4.59. The number of ether oxygens (including phenoxy) is 1. The molecule has 0 spiro atoms. The Morgan fingerprint density at radius 2 is 2.26 bits per heavy atom. The van der Waals surface area contributed by atoms with E-state index in [0.29, 0.717) is 25.0 Å². The molecule has 1 aromatic rings. The van der Waals surface area contributed by atoms with Gasteiger partial charge in [-0.15, -0.1) is 0 Å². The zero-order valence-electron chi connectivity index (χ0n) is 11.0. The van der Waals surface area contributed by atoms with E-state index in [9.17, 15) is 8.42 Å². The third-order valence-corrected chi connectivity index (χ3v) is 5.48. The predicted octanol–water partition coefficient (Wildman–Crippen LogP) is 1.08. The van der Waals surface area contributed by atoms with Crippen LogP contribution in [0.4, 0.5) is 0 Å². The lowest BCUT2D eigenvalue weighted by Gasteiger charge is -2.34. The summed E-state index contributed by atoms with van der Waals surface area (Å²) in [6.45, 7) is 5.24. The SMILES string of the molecule is CCn1cnc(S(=O)(=O)N2CC(C)OC(CBr)C2)c1. The molecule has 1 aliphatic rings. The molecule has 0 saturated carbocycles. The Labute approximate surface area is 121 Å². The first-order chi connectivity index (χ1) is 8.97. The Hall–Kier alpha value is -0.440. The third kappa shape index (κ3) is 3.18. The van der Waals surface area contributed by atoms with E-state index < -0.39 is 10.0 Å². The molecule has 0 radical (unpaired) electrons. The van der Waals surface area contributed by atoms with E-state index in [1.54, 1.807) is 17.1 Å². The smallest absolute Gasteiger partial charge is 0.262 e. The molecule has 0 N–H and O–H groups in total. The van der Waals surface area contributed by atoms with Gasteiger partial charge in [-0.25, -0.2) is 13.4 Å². The lowest BCUT2D eigenvalue weighted by Crippen LogP contribution is -2.49. The molecule has 2 atom stereocenters. The molecule has 1 aromatic heterocycles. The molecule has 0 amide bonds. The monoisotopic (exact) mass is 351 g/mol. The van der Waals surface area contributed by atoms with Crippen LogP contribution in [0.5, 0.6) is 0 Å². The van der Waals surface area contributed by atoms with Gasteiger partial charge in [-0.05, 0) is 13.8 Å². The summed E-state index contributed by atoms with van der Waals surface area (Å²) in [6.07, 6.45) is 2.88. The van der Waals surface area contributed by atoms with Gasteiger partial charge in [-0.3, -0.25) is 0 Å². The van der Waals surface area contributed by atoms with Crippen LogP contribution in [0.1, 0.15) is 13.8 Å². The van der Waals surface area contributed by atoms with Crippen molar-refractivity contribution in [1.82, 2.24) is 13.9 Å². The summed E-state index contributed by atoms with van der Waals surface area (Å²) in [4.78, 5) is 3.99. The molecule has 19 heavy (non-hydrogen) atoms. The molecule has 108 valence electrons. The van der Waals surface area contributed by atoms with E-state index in [2.05, 4.69) is 20.9 Å². The number of morpholine rings is 1. The van der Waals surface area contributed by atoms with Crippen LogP contribution in [0.25, 0.3) is 0 Å². The van der Waals surface area contributed by atoms with Gasteiger partial charge in [0.15, 0.2) is 5.03 Å². The van der Waals surface area contributed by atoms with E-state index in [1.807, 2.05) is 13.8 Å². The van der Waals surface area contributed by atoms with Crippen LogP contribution in [-0.2, 0) is 21.3 Å². The highest BCUT2D eigenvalue weighted by Gasteiger charge is 2.34. The number of aromatic nitrogens is 2. The fourth-order valence-corrected chi connectivity index (χ4v) is 3.90. The van der Waals surface area contributed by atoms with Crippen molar-refractivity contribution in [2.45, 2.75) is 37.6 Å². The summed E-state index contributed by atoms with van der Waals surface area (Å²) in [7, 11) is -3.53. The number of imidazole rings is 1. The first kappa shape index (κ1) is 15.0. The minimum atomic E-state index is -3.53. The molecule has 1 saturated heterocycles. The number of alkyl halides is 1. The van der Waals surface area contributed by atoms with E-state index in [0.717, 1.165) is 0 Å². The van der Waals surface area contributed by atoms with Crippen LogP contribution in [0, 0.1) is 0 Å². The van der Waals surface area contributed by atoms with Crippen LogP contribution in [0.2, 0.25) is 0 Å². The summed E-state index contributed by atoms with van der Waals surface area (Å²) in [6, 6.07) is 0. The van der Waals surface area contributed by atoms with Crippen molar-refractivity contribution in [2.24, 2.45) is 0 Å². The number of sulfonamides is 1. The molecule has 0 bridgehead atoms. The van der Waals surface area contributed by atoms with Gasteiger partial charge in [0.25, 0.3) is 10.0 Å². The normalized spacial score (nSPS) is 25.6. The highest BCUT2D eigenvalue weighted by molar-refractivity contribution is 9.09. The molecular formula is C11H18BrN3O3S. The Kier molecular flexibility index (Phi) is 4.65. The van der Waals surface area contributed by atoms with Gasteiger partial charge in [0.1, 0.15) is 0 Å². The fourth-order valence-electron chi connectivity index (χ4n) is 2.06. The van der Waals surface area contributed by atoms with Crippen molar-refractivity contribution in [3.05, 3.63) is 12.5 Å². The zero-order chi connectivity index (χ0) is 14.0. The first-order valence-electron chi connectivity index (χ1n) is 6.20. The molecule has 1 aliphatic heterocycles. The summed E-state index contributed by atoms with van der Waals surface area (Å²) < 4.78 is 33.9. The highest BCUT2D eigenvalue weighted by atomic mass is 79.9. The first-order valence-corrected chi connectivity index (χ1v) is 8.76. The van der Waals surface area contributed by atoms with Crippen LogP contribution in [0.3, 0.4) is 0 Å². The predicted molar refractivity (Wildman–Crippen MR) is 74.8 cm³/mol.